The van der Waals surface area contributed by atoms with Crippen LogP contribution in [0.2, 0.25) is 0 Å². The highest BCUT2D eigenvalue weighted by molar-refractivity contribution is 5.42. The van der Waals surface area contributed by atoms with E-state index in [4.69, 9.17) is 0 Å². The number of pyridine rings is 1. The molecule has 0 aromatic carbocycles. The van der Waals surface area contributed by atoms with Crippen molar-refractivity contribution in [1.82, 2.24) is 19.4 Å². The molecule has 2 atom stereocenters. The first-order chi connectivity index (χ1) is 12.8. The van der Waals surface area contributed by atoms with E-state index in [0.717, 1.165) is 45.1 Å². The number of likely N-dealkylation sites (tertiary alicyclic amines) is 1. The molecular formula is C20H25N5O. The first-order valence-corrected chi connectivity index (χ1v) is 9.71. The summed E-state index contributed by atoms with van der Waals surface area (Å²) >= 11 is 0. The van der Waals surface area contributed by atoms with E-state index >= 15 is 0 Å². The van der Waals surface area contributed by atoms with Crippen LogP contribution in [0.5, 0.6) is 0 Å². The minimum absolute atomic E-state index is 0.0910. The van der Waals surface area contributed by atoms with Gasteiger partial charge in [0.25, 0.3) is 5.56 Å². The van der Waals surface area contributed by atoms with Gasteiger partial charge in [-0.05, 0) is 30.7 Å². The van der Waals surface area contributed by atoms with Crippen molar-refractivity contribution >= 4 is 5.82 Å². The zero-order valence-electron chi connectivity index (χ0n) is 15.0. The molecule has 3 aliphatic rings. The minimum Gasteiger partial charge on any atom is -0.356 e. The Balaban J connectivity index is 1.18. The minimum atomic E-state index is 0.0910. The van der Waals surface area contributed by atoms with E-state index in [-0.39, 0.29) is 5.56 Å². The van der Waals surface area contributed by atoms with E-state index in [1.54, 1.807) is 23.0 Å². The second-order valence-electron chi connectivity index (χ2n) is 7.99. The van der Waals surface area contributed by atoms with Gasteiger partial charge in [0, 0.05) is 69.2 Å². The van der Waals surface area contributed by atoms with Gasteiger partial charge in [-0.1, -0.05) is 6.07 Å². The van der Waals surface area contributed by atoms with E-state index in [1.807, 2.05) is 12.3 Å². The zero-order valence-corrected chi connectivity index (χ0v) is 15.0. The SMILES string of the molecule is O=c1ccccn1CCN1CC2CN(c3cc(C4CC4)ncn3)CC2C1. The van der Waals surface area contributed by atoms with Crippen LogP contribution in [0.1, 0.15) is 24.5 Å². The highest BCUT2D eigenvalue weighted by Gasteiger charge is 2.40. The van der Waals surface area contributed by atoms with Gasteiger partial charge in [-0.3, -0.25) is 4.79 Å². The van der Waals surface area contributed by atoms with Crippen LogP contribution in [0.25, 0.3) is 0 Å². The summed E-state index contributed by atoms with van der Waals surface area (Å²) in [5.41, 5.74) is 1.32. The Morgan fingerprint density at radius 2 is 1.81 bits per heavy atom. The summed E-state index contributed by atoms with van der Waals surface area (Å²) in [5, 5.41) is 0. The molecule has 4 heterocycles. The van der Waals surface area contributed by atoms with Crippen LogP contribution in [-0.4, -0.2) is 52.2 Å². The molecule has 0 amide bonds. The Morgan fingerprint density at radius 1 is 1.00 bits per heavy atom. The summed E-state index contributed by atoms with van der Waals surface area (Å²) in [7, 11) is 0. The normalized spacial score (nSPS) is 25.6. The number of anilines is 1. The second kappa shape index (κ2) is 6.50. The van der Waals surface area contributed by atoms with Gasteiger partial charge < -0.3 is 14.4 Å². The third-order valence-corrected chi connectivity index (χ3v) is 6.11. The summed E-state index contributed by atoms with van der Waals surface area (Å²) in [5.74, 6) is 3.21. The van der Waals surface area contributed by atoms with E-state index in [9.17, 15) is 4.79 Å². The molecule has 6 nitrogen and oxygen atoms in total. The average molecular weight is 351 g/mol. The first kappa shape index (κ1) is 16.0. The summed E-state index contributed by atoms with van der Waals surface area (Å²) in [4.78, 5) is 25.8. The lowest BCUT2D eigenvalue weighted by atomic mass is 10.0. The summed E-state index contributed by atoms with van der Waals surface area (Å²) in [6.45, 7) is 6.17. The lowest BCUT2D eigenvalue weighted by Gasteiger charge is -2.22. The molecule has 2 saturated heterocycles. The lowest BCUT2D eigenvalue weighted by molar-refractivity contribution is 0.301. The van der Waals surface area contributed by atoms with E-state index < -0.39 is 0 Å². The number of hydrogen-bond acceptors (Lipinski definition) is 5. The van der Waals surface area contributed by atoms with Crippen molar-refractivity contribution < 1.29 is 0 Å². The molecule has 26 heavy (non-hydrogen) atoms. The van der Waals surface area contributed by atoms with Gasteiger partial charge in [0.1, 0.15) is 12.1 Å². The highest BCUT2D eigenvalue weighted by Crippen LogP contribution is 2.40. The van der Waals surface area contributed by atoms with Crippen molar-refractivity contribution in [3.63, 3.8) is 0 Å². The maximum atomic E-state index is 11.8. The maximum Gasteiger partial charge on any atom is 0.250 e. The van der Waals surface area contributed by atoms with Gasteiger partial charge >= 0.3 is 0 Å². The van der Waals surface area contributed by atoms with Crippen LogP contribution >= 0.6 is 0 Å². The smallest absolute Gasteiger partial charge is 0.250 e. The Labute approximate surface area is 153 Å². The van der Waals surface area contributed by atoms with Gasteiger partial charge in [0.15, 0.2) is 0 Å². The molecule has 0 bridgehead atoms. The quantitative estimate of drug-likeness (QED) is 0.819. The predicted molar refractivity (Wildman–Crippen MR) is 100 cm³/mol. The van der Waals surface area contributed by atoms with Crippen LogP contribution in [0.3, 0.4) is 0 Å². The number of aromatic nitrogens is 3. The topological polar surface area (TPSA) is 54.3 Å². The van der Waals surface area contributed by atoms with E-state index in [0.29, 0.717) is 17.8 Å². The van der Waals surface area contributed by atoms with Crippen molar-refractivity contribution in [3.8, 4) is 0 Å². The third kappa shape index (κ3) is 3.14. The monoisotopic (exact) mass is 351 g/mol. The molecule has 5 rings (SSSR count). The van der Waals surface area contributed by atoms with Gasteiger partial charge in [-0.15, -0.1) is 0 Å². The van der Waals surface area contributed by atoms with Crippen molar-refractivity contribution in [2.75, 3.05) is 37.6 Å². The van der Waals surface area contributed by atoms with Gasteiger partial charge in [-0.25, -0.2) is 9.97 Å². The first-order valence-electron chi connectivity index (χ1n) is 9.71. The maximum absolute atomic E-state index is 11.8. The summed E-state index contributed by atoms with van der Waals surface area (Å²) < 4.78 is 1.81. The van der Waals surface area contributed by atoms with Crippen LogP contribution < -0.4 is 10.5 Å². The fourth-order valence-electron chi connectivity index (χ4n) is 4.49. The molecule has 2 aromatic rings. The fourth-order valence-corrected chi connectivity index (χ4v) is 4.49. The third-order valence-electron chi connectivity index (χ3n) is 6.11. The lowest BCUT2D eigenvalue weighted by Crippen LogP contribution is -2.32. The molecule has 2 aliphatic heterocycles. The molecule has 0 radical (unpaired) electrons. The van der Waals surface area contributed by atoms with Crippen molar-refractivity contribution in [1.29, 1.82) is 0 Å². The molecule has 3 fully saturated rings. The largest absolute Gasteiger partial charge is 0.356 e. The molecule has 6 heteroatoms. The fraction of sp³-hybridized carbons (Fsp3) is 0.550. The number of fused-ring (bicyclic) bond motifs is 1. The number of nitrogens with zero attached hydrogens (tertiary/aromatic N) is 5. The average Bonchev–Trinajstić information content (AvgIpc) is 3.33. The van der Waals surface area contributed by atoms with E-state index in [1.165, 1.54) is 18.5 Å². The van der Waals surface area contributed by atoms with Crippen LogP contribution in [-0.2, 0) is 6.54 Å². The summed E-state index contributed by atoms with van der Waals surface area (Å²) in [6.07, 6.45) is 6.18. The van der Waals surface area contributed by atoms with Crippen LogP contribution in [0.4, 0.5) is 5.82 Å². The summed E-state index contributed by atoms with van der Waals surface area (Å²) in [6, 6.07) is 7.57. The predicted octanol–water partition coefficient (Wildman–Crippen LogP) is 1.58. The second-order valence-corrected chi connectivity index (χ2v) is 7.99. The Morgan fingerprint density at radius 3 is 2.54 bits per heavy atom. The molecule has 136 valence electrons. The Bertz CT molecular complexity index is 832. The Hall–Kier alpha value is -2.21. The molecule has 0 spiro atoms. The van der Waals surface area contributed by atoms with Gasteiger partial charge in [0.05, 0.1) is 0 Å². The molecule has 1 saturated carbocycles. The van der Waals surface area contributed by atoms with Crippen LogP contribution in [0.15, 0.2) is 41.6 Å². The van der Waals surface area contributed by atoms with Gasteiger partial charge in [0.2, 0.25) is 0 Å². The van der Waals surface area contributed by atoms with Gasteiger partial charge in [-0.2, -0.15) is 0 Å². The van der Waals surface area contributed by atoms with Crippen molar-refractivity contribution in [2.24, 2.45) is 11.8 Å². The molecule has 1 aliphatic carbocycles. The van der Waals surface area contributed by atoms with Crippen molar-refractivity contribution in [3.05, 3.63) is 52.8 Å². The van der Waals surface area contributed by atoms with Crippen LogP contribution in [0, 0.1) is 11.8 Å². The molecule has 2 unspecified atom stereocenters. The zero-order chi connectivity index (χ0) is 17.5. The number of hydrogen-bond donors (Lipinski definition) is 0. The number of rotatable bonds is 5. The Kier molecular flexibility index (Phi) is 4.00. The molecule has 0 N–H and O–H groups in total. The molecular weight excluding hydrogens is 326 g/mol. The highest BCUT2D eigenvalue weighted by atomic mass is 16.1. The van der Waals surface area contributed by atoms with E-state index in [2.05, 4.69) is 25.8 Å². The molecule has 2 aromatic heterocycles. The standard InChI is InChI=1S/C20H25N5O/c26-20-3-1-2-6-24(20)8-7-23-10-16-12-25(13-17(16)11-23)19-9-18(15-4-5-15)21-14-22-19/h1-3,6,9,14-17H,4-5,7-8,10-13H2. The van der Waals surface area contributed by atoms with Crippen molar-refractivity contribution in [2.45, 2.75) is 25.3 Å².